The fourth-order valence-corrected chi connectivity index (χ4v) is 4.07. The lowest BCUT2D eigenvalue weighted by Crippen LogP contribution is -2.16. The van der Waals surface area contributed by atoms with Gasteiger partial charge >= 0.3 is 6.18 Å². The van der Waals surface area contributed by atoms with E-state index in [9.17, 15) is 13.2 Å². The average molecular weight is 434 g/mol. The van der Waals surface area contributed by atoms with Gasteiger partial charge in [0, 0.05) is 13.0 Å². The summed E-state index contributed by atoms with van der Waals surface area (Å²) in [6, 6.07) is 15.7. The standard InChI is InChI=1S/C19H25F3O.C7H9N/c1-3-18(23-4-2)13-14-6-5-7-16(12-14)15-8-10-17(11-9-15)19(20,21)22;8-6-7-4-2-1-3-5-7/h3,8-11,14,16H,4-7,12-13H2,1-2H3;1-5H,6,8H2/b18-3-;. The maximum Gasteiger partial charge on any atom is 0.416 e. The molecule has 0 spiro atoms. The monoisotopic (exact) mass is 433 g/mol. The van der Waals surface area contributed by atoms with E-state index < -0.39 is 11.7 Å². The van der Waals surface area contributed by atoms with Gasteiger partial charge in [-0.15, -0.1) is 0 Å². The van der Waals surface area contributed by atoms with E-state index in [0.29, 0.717) is 25.0 Å². The molecule has 2 aromatic carbocycles. The molecule has 2 atom stereocenters. The first-order chi connectivity index (χ1) is 14.9. The number of halogens is 3. The molecule has 0 amide bonds. The first kappa shape index (κ1) is 25.0. The number of alkyl halides is 3. The van der Waals surface area contributed by atoms with E-state index in [-0.39, 0.29) is 0 Å². The van der Waals surface area contributed by atoms with Gasteiger partial charge in [0.25, 0.3) is 0 Å². The number of hydrogen-bond donors (Lipinski definition) is 1. The van der Waals surface area contributed by atoms with Gasteiger partial charge in [-0.05, 0) is 74.3 Å². The number of hydrogen-bond acceptors (Lipinski definition) is 2. The molecule has 170 valence electrons. The summed E-state index contributed by atoms with van der Waals surface area (Å²) in [6.07, 6.45) is 3.07. The lowest BCUT2D eigenvalue weighted by Gasteiger charge is -2.30. The number of rotatable bonds is 6. The molecule has 0 aliphatic heterocycles. The van der Waals surface area contributed by atoms with E-state index in [1.807, 2.05) is 50.3 Å². The Hall–Kier alpha value is -2.27. The molecule has 1 fully saturated rings. The summed E-state index contributed by atoms with van der Waals surface area (Å²) in [4.78, 5) is 0. The topological polar surface area (TPSA) is 35.2 Å². The van der Waals surface area contributed by atoms with Crippen molar-refractivity contribution >= 4 is 0 Å². The van der Waals surface area contributed by atoms with Crippen molar-refractivity contribution in [3.05, 3.63) is 83.1 Å². The van der Waals surface area contributed by atoms with E-state index >= 15 is 0 Å². The molecule has 2 aromatic rings. The zero-order valence-corrected chi connectivity index (χ0v) is 18.5. The Morgan fingerprint density at radius 3 is 2.26 bits per heavy atom. The molecule has 0 saturated heterocycles. The summed E-state index contributed by atoms with van der Waals surface area (Å²) in [5.41, 5.74) is 7.00. The lowest BCUT2D eigenvalue weighted by molar-refractivity contribution is -0.137. The van der Waals surface area contributed by atoms with Crippen LogP contribution in [0.1, 0.15) is 68.6 Å². The third-order valence-corrected chi connectivity index (χ3v) is 5.71. The molecular weight excluding hydrogens is 399 g/mol. The molecule has 2 nitrogen and oxygen atoms in total. The van der Waals surface area contributed by atoms with Crippen LogP contribution in [0.4, 0.5) is 13.2 Å². The second kappa shape index (κ2) is 12.6. The Morgan fingerprint density at radius 1 is 1.06 bits per heavy atom. The van der Waals surface area contributed by atoms with Crippen molar-refractivity contribution in [1.82, 2.24) is 0 Å². The van der Waals surface area contributed by atoms with Gasteiger partial charge in [-0.1, -0.05) is 48.9 Å². The number of nitrogens with two attached hydrogens (primary N) is 1. The van der Waals surface area contributed by atoms with Crippen molar-refractivity contribution in [2.45, 2.75) is 64.6 Å². The van der Waals surface area contributed by atoms with Gasteiger partial charge < -0.3 is 10.5 Å². The predicted octanol–water partition coefficient (Wildman–Crippen LogP) is 7.45. The maximum absolute atomic E-state index is 12.7. The number of allylic oxidation sites excluding steroid dienone is 2. The van der Waals surface area contributed by atoms with E-state index in [0.717, 1.165) is 37.0 Å². The van der Waals surface area contributed by atoms with Crippen LogP contribution in [-0.4, -0.2) is 6.61 Å². The Kier molecular flexibility index (Phi) is 10.1. The minimum absolute atomic E-state index is 0.357. The molecule has 31 heavy (non-hydrogen) atoms. The Bertz CT molecular complexity index is 785. The molecule has 5 heteroatoms. The van der Waals surface area contributed by atoms with Crippen LogP contribution in [0.5, 0.6) is 0 Å². The van der Waals surface area contributed by atoms with Crippen molar-refractivity contribution in [2.24, 2.45) is 11.7 Å². The summed E-state index contributed by atoms with van der Waals surface area (Å²) in [7, 11) is 0. The van der Waals surface area contributed by atoms with Crippen LogP contribution in [0.3, 0.4) is 0 Å². The van der Waals surface area contributed by atoms with E-state index in [1.165, 1.54) is 24.1 Å². The highest BCUT2D eigenvalue weighted by Crippen LogP contribution is 2.39. The SMILES string of the molecule is C/C=C(/CC1CCCC(c2ccc(C(F)(F)F)cc2)C1)OCC.NCc1ccccc1. The highest BCUT2D eigenvalue weighted by atomic mass is 19.4. The summed E-state index contributed by atoms with van der Waals surface area (Å²) in [5.74, 6) is 1.94. The normalized spacial score (nSPS) is 19.4. The van der Waals surface area contributed by atoms with Crippen molar-refractivity contribution in [3.8, 4) is 0 Å². The molecule has 0 aromatic heterocycles. The van der Waals surface area contributed by atoms with Gasteiger partial charge in [-0.25, -0.2) is 0 Å². The van der Waals surface area contributed by atoms with Gasteiger partial charge in [-0.2, -0.15) is 13.2 Å². The Balaban J connectivity index is 0.000000357. The minimum Gasteiger partial charge on any atom is -0.499 e. The fourth-order valence-electron chi connectivity index (χ4n) is 4.07. The average Bonchev–Trinajstić information content (AvgIpc) is 2.79. The smallest absolute Gasteiger partial charge is 0.416 e. The highest BCUT2D eigenvalue weighted by Gasteiger charge is 2.31. The Labute approximate surface area is 184 Å². The zero-order chi connectivity index (χ0) is 22.7. The van der Waals surface area contributed by atoms with Crippen LogP contribution in [0.25, 0.3) is 0 Å². The maximum atomic E-state index is 12.7. The number of benzene rings is 2. The van der Waals surface area contributed by atoms with Crippen molar-refractivity contribution in [3.63, 3.8) is 0 Å². The Morgan fingerprint density at radius 2 is 1.74 bits per heavy atom. The van der Waals surface area contributed by atoms with Crippen molar-refractivity contribution in [1.29, 1.82) is 0 Å². The molecule has 3 rings (SSSR count). The van der Waals surface area contributed by atoms with Crippen LogP contribution >= 0.6 is 0 Å². The van der Waals surface area contributed by atoms with Crippen LogP contribution < -0.4 is 5.73 Å². The van der Waals surface area contributed by atoms with Gasteiger partial charge in [-0.3, -0.25) is 0 Å². The van der Waals surface area contributed by atoms with Gasteiger partial charge in [0.2, 0.25) is 0 Å². The molecular formula is C26H34F3NO. The van der Waals surface area contributed by atoms with Gasteiger partial charge in [0.15, 0.2) is 0 Å². The van der Waals surface area contributed by atoms with Gasteiger partial charge in [0.1, 0.15) is 0 Å². The number of ether oxygens (including phenoxy) is 1. The quantitative estimate of drug-likeness (QED) is 0.480. The third kappa shape index (κ3) is 8.41. The molecule has 1 saturated carbocycles. The largest absolute Gasteiger partial charge is 0.499 e. The first-order valence-electron chi connectivity index (χ1n) is 11.1. The molecule has 0 radical (unpaired) electrons. The van der Waals surface area contributed by atoms with Crippen LogP contribution in [0.15, 0.2) is 66.4 Å². The molecule has 0 bridgehead atoms. The van der Waals surface area contributed by atoms with Gasteiger partial charge in [0.05, 0.1) is 17.9 Å². The van der Waals surface area contributed by atoms with Crippen molar-refractivity contribution in [2.75, 3.05) is 6.61 Å². The third-order valence-electron chi connectivity index (χ3n) is 5.71. The minimum atomic E-state index is -4.26. The van der Waals surface area contributed by atoms with E-state index in [1.54, 1.807) is 12.1 Å². The fraction of sp³-hybridized carbons (Fsp3) is 0.462. The second-order valence-corrected chi connectivity index (χ2v) is 7.93. The summed E-state index contributed by atoms with van der Waals surface area (Å²) in [6.45, 7) is 5.28. The lowest BCUT2D eigenvalue weighted by atomic mass is 9.76. The highest BCUT2D eigenvalue weighted by molar-refractivity contribution is 5.27. The van der Waals surface area contributed by atoms with Crippen LogP contribution in [-0.2, 0) is 17.5 Å². The molecule has 2 N–H and O–H groups in total. The summed E-state index contributed by atoms with van der Waals surface area (Å²) in [5, 5.41) is 0. The molecule has 1 aliphatic carbocycles. The van der Waals surface area contributed by atoms with E-state index in [4.69, 9.17) is 10.5 Å². The van der Waals surface area contributed by atoms with Crippen LogP contribution in [0.2, 0.25) is 0 Å². The summed E-state index contributed by atoms with van der Waals surface area (Å²) >= 11 is 0. The molecule has 2 unspecified atom stereocenters. The predicted molar refractivity (Wildman–Crippen MR) is 120 cm³/mol. The van der Waals surface area contributed by atoms with Crippen molar-refractivity contribution < 1.29 is 17.9 Å². The first-order valence-corrected chi connectivity index (χ1v) is 11.1. The van der Waals surface area contributed by atoms with E-state index in [2.05, 4.69) is 0 Å². The molecule has 1 aliphatic rings. The second-order valence-electron chi connectivity index (χ2n) is 7.93. The zero-order valence-electron chi connectivity index (χ0n) is 18.5. The summed E-state index contributed by atoms with van der Waals surface area (Å²) < 4.78 is 43.6. The molecule has 0 heterocycles. The van der Waals surface area contributed by atoms with Crippen LogP contribution in [0, 0.1) is 5.92 Å².